The zero-order chi connectivity index (χ0) is 20.7. The number of methoxy groups -OCH3 is 1. The Bertz CT molecular complexity index is 947. The van der Waals surface area contributed by atoms with Crippen LogP contribution in [0.25, 0.3) is 0 Å². The van der Waals surface area contributed by atoms with Crippen molar-refractivity contribution in [2.24, 2.45) is 0 Å². The number of halogens is 2. The summed E-state index contributed by atoms with van der Waals surface area (Å²) in [6.07, 6.45) is 1.40. The normalized spacial score (nSPS) is 11.1. The fraction of sp³-hybridized carbons (Fsp3) is 0.167. The van der Waals surface area contributed by atoms with Gasteiger partial charge in [-0.3, -0.25) is 4.79 Å². The van der Waals surface area contributed by atoms with E-state index < -0.39 is 22.5 Å². The number of ether oxygens (including phenoxy) is 2. The van der Waals surface area contributed by atoms with Gasteiger partial charge < -0.3 is 14.8 Å². The second-order valence-electron chi connectivity index (χ2n) is 5.36. The molecule has 0 aromatic heterocycles. The highest BCUT2D eigenvalue weighted by atomic mass is 32.2. The Morgan fingerprint density at radius 3 is 2.43 bits per heavy atom. The van der Waals surface area contributed by atoms with Crippen LogP contribution < -0.4 is 19.5 Å². The third-order valence-corrected chi connectivity index (χ3v) is 4.92. The standard InChI is InChI=1S/C18H18F2N2O5S/c1-3-10-21-28(24,25)14-7-4-12(5-8-14)17(23)22-13-6-9-15(26-2)16(11-13)27-18(19)20/h3-9,11,18,21H,1,10H2,2H3,(H,22,23). The zero-order valence-corrected chi connectivity index (χ0v) is 15.6. The Balaban J connectivity index is 2.16. The van der Waals surface area contributed by atoms with Gasteiger partial charge in [0.1, 0.15) is 0 Å². The van der Waals surface area contributed by atoms with Gasteiger partial charge in [0.25, 0.3) is 5.91 Å². The monoisotopic (exact) mass is 412 g/mol. The lowest BCUT2D eigenvalue weighted by molar-refractivity contribution is -0.0511. The van der Waals surface area contributed by atoms with Gasteiger partial charge in [0.05, 0.1) is 12.0 Å². The summed E-state index contributed by atoms with van der Waals surface area (Å²) in [6, 6.07) is 9.23. The van der Waals surface area contributed by atoms with Gasteiger partial charge in [0.2, 0.25) is 10.0 Å². The van der Waals surface area contributed by atoms with Crippen LogP contribution >= 0.6 is 0 Å². The summed E-state index contributed by atoms with van der Waals surface area (Å²) in [5.74, 6) is -0.707. The van der Waals surface area contributed by atoms with E-state index in [0.29, 0.717) is 0 Å². The Morgan fingerprint density at radius 2 is 1.86 bits per heavy atom. The topological polar surface area (TPSA) is 93.7 Å². The Labute approximate surface area is 161 Å². The third-order valence-electron chi connectivity index (χ3n) is 3.48. The number of anilines is 1. The van der Waals surface area contributed by atoms with Crippen LogP contribution in [0.1, 0.15) is 10.4 Å². The molecular weight excluding hydrogens is 394 g/mol. The number of alkyl halides is 2. The van der Waals surface area contributed by atoms with Crippen LogP contribution in [0, 0.1) is 0 Å². The first-order valence-electron chi connectivity index (χ1n) is 7.91. The molecule has 0 bridgehead atoms. The van der Waals surface area contributed by atoms with Gasteiger partial charge in [0.15, 0.2) is 11.5 Å². The lowest BCUT2D eigenvalue weighted by Crippen LogP contribution is -2.23. The second-order valence-corrected chi connectivity index (χ2v) is 7.13. The van der Waals surface area contributed by atoms with Gasteiger partial charge in [-0.1, -0.05) is 6.08 Å². The van der Waals surface area contributed by atoms with Crippen molar-refractivity contribution in [2.75, 3.05) is 19.0 Å². The summed E-state index contributed by atoms with van der Waals surface area (Å²) < 4.78 is 60.6. The molecule has 2 aromatic rings. The molecule has 0 atom stereocenters. The number of rotatable bonds is 9. The fourth-order valence-electron chi connectivity index (χ4n) is 2.18. The number of carbonyl (C=O) groups excluding carboxylic acids is 1. The molecule has 1 amide bonds. The number of hydrogen-bond donors (Lipinski definition) is 2. The van der Waals surface area contributed by atoms with E-state index in [2.05, 4.69) is 21.4 Å². The number of sulfonamides is 1. The van der Waals surface area contributed by atoms with E-state index in [0.717, 1.165) is 0 Å². The van der Waals surface area contributed by atoms with Crippen LogP contribution in [0.15, 0.2) is 60.0 Å². The molecule has 0 aliphatic carbocycles. The molecular formula is C18H18F2N2O5S. The molecule has 0 aliphatic heterocycles. The highest BCUT2D eigenvalue weighted by molar-refractivity contribution is 7.89. The maximum Gasteiger partial charge on any atom is 0.387 e. The minimum absolute atomic E-state index is 0.0111. The van der Waals surface area contributed by atoms with E-state index in [1.54, 1.807) is 0 Å². The minimum atomic E-state index is -3.70. The van der Waals surface area contributed by atoms with Crippen molar-refractivity contribution in [3.63, 3.8) is 0 Å². The summed E-state index contributed by atoms with van der Waals surface area (Å²) in [5.41, 5.74) is 0.376. The summed E-state index contributed by atoms with van der Waals surface area (Å²) in [6.45, 7) is 0.452. The molecule has 2 rings (SSSR count). The van der Waals surface area contributed by atoms with E-state index in [1.165, 1.54) is 55.7 Å². The van der Waals surface area contributed by atoms with Crippen LogP contribution in [0.4, 0.5) is 14.5 Å². The molecule has 2 N–H and O–H groups in total. The molecule has 0 heterocycles. The van der Waals surface area contributed by atoms with Gasteiger partial charge in [-0.05, 0) is 36.4 Å². The first kappa shape index (κ1) is 21.3. The van der Waals surface area contributed by atoms with Crippen LogP contribution in [0.2, 0.25) is 0 Å². The molecule has 10 heteroatoms. The van der Waals surface area contributed by atoms with Crippen molar-refractivity contribution in [2.45, 2.75) is 11.5 Å². The van der Waals surface area contributed by atoms with Gasteiger partial charge in [0, 0.05) is 23.9 Å². The maximum absolute atomic E-state index is 12.5. The molecule has 28 heavy (non-hydrogen) atoms. The molecule has 7 nitrogen and oxygen atoms in total. The third kappa shape index (κ3) is 5.51. The molecule has 0 aliphatic rings. The van der Waals surface area contributed by atoms with Crippen molar-refractivity contribution >= 4 is 21.6 Å². The maximum atomic E-state index is 12.5. The average Bonchev–Trinajstić information content (AvgIpc) is 2.66. The number of hydrogen-bond acceptors (Lipinski definition) is 5. The summed E-state index contributed by atoms with van der Waals surface area (Å²) >= 11 is 0. The molecule has 0 saturated carbocycles. The SMILES string of the molecule is C=CCNS(=O)(=O)c1ccc(C(=O)Nc2ccc(OC)c(OC(F)F)c2)cc1. The predicted molar refractivity (Wildman–Crippen MR) is 99.4 cm³/mol. The van der Waals surface area contributed by atoms with Gasteiger partial charge >= 0.3 is 6.61 Å². The van der Waals surface area contributed by atoms with Crippen molar-refractivity contribution in [3.8, 4) is 11.5 Å². The number of nitrogens with one attached hydrogen (secondary N) is 2. The molecule has 2 aromatic carbocycles. The smallest absolute Gasteiger partial charge is 0.387 e. The van der Waals surface area contributed by atoms with Crippen LogP contribution in [0.3, 0.4) is 0 Å². The Morgan fingerprint density at radius 1 is 1.18 bits per heavy atom. The first-order valence-corrected chi connectivity index (χ1v) is 9.40. The van der Waals surface area contributed by atoms with Gasteiger partial charge in [-0.2, -0.15) is 8.78 Å². The quantitative estimate of drug-likeness (QED) is 0.618. The minimum Gasteiger partial charge on any atom is -0.493 e. The molecule has 0 unspecified atom stereocenters. The molecule has 150 valence electrons. The molecule has 0 fully saturated rings. The van der Waals surface area contributed by atoms with Gasteiger partial charge in [-0.25, -0.2) is 13.1 Å². The fourth-order valence-corrected chi connectivity index (χ4v) is 3.18. The molecule has 0 radical (unpaired) electrons. The van der Waals surface area contributed by atoms with Crippen LogP contribution in [-0.4, -0.2) is 34.6 Å². The molecule has 0 spiro atoms. The summed E-state index contributed by atoms with van der Waals surface area (Å²) in [7, 11) is -2.41. The summed E-state index contributed by atoms with van der Waals surface area (Å²) in [4.78, 5) is 12.3. The Kier molecular flexibility index (Phi) is 7.07. The first-order chi connectivity index (χ1) is 13.3. The largest absolute Gasteiger partial charge is 0.493 e. The van der Waals surface area contributed by atoms with Crippen LogP contribution in [0.5, 0.6) is 11.5 Å². The van der Waals surface area contributed by atoms with Crippen molar-refractivity contribution in [1.29, 1.82) is 0 Å². The zero-order valence-electron chi connectivity index (χ0n) is 14.8. The van der Waals surface area contributed by atoms with E-state index >= 15 is 0 Å². The van der Waals surface area contributed by atoms with Crippen molar-refractivity contribution in [3.05, 3.63) is 60.7 Å². The van der Waals surface area contributed by atoms with E-state index in [-0.39, 0.29) is 34.2 Å². The predicted octanol–water partition coefficient (Wildman–Crippen LogP) is 3.01. The molecule has 0 saturated heterocycles. The van der Waals surface area contributed by atoms with E-state index in [4.69, 9.17) is 4.74 Å². The van der Waals surface area contributed by atoms with E-state index in [1.807, 2.05) is 0 Å². The van der Waals surface area contributed by atoms with Crippen molar-refractivity contribution < 1.29 is 31.5 Å². The average molecular weight is 412 g/mol. The van der Waals surface area contributed by atoms with Crippen molar-refractivity contribution in [1.82, 2.24) is 4.72 Å². The highest BCUT2D eigenvalue weighted by Gasteiger charge is 2.15. The lowest BCUT2D eigenvalue weighted by atomic mass is 10.2. The highest BCUT2D eigenvalue weighted by Crippen LogP contribution is 2.31. The van der Waals surface area contributed by atoms with Crippen LogP contribution in [-0.2, 0) is 10.0 Å². The number of carbonyl (C=O) groups is 1. The number of amides is 1. The Hall–Kier alpha value is -2.98. The van der Waals surface area contributed by atoms with E-state index in [9.17, 15) is 22.0 Å². The lowest BCUT2D eigenvalue weighted by Gasteiger charge is -2.12. The summed E-state index contributed by atoms with van der Waals surface area (Å²) in [5, 5.41) is 2.52. The second kappa shape index (κ2) is 9.29. The number of benzene rings is 2. The van der Waals surface area contributed by atoms with Gasteiger partial charge in [-0.15, -0.1) is 6.58 Å².